The Morgan fingerprint density at radius 3 is 3.26 bits per heavy atom. The Kier molecular flexibility index (Phi) is 4.51. The van der Waals surface area contributed by atoms with E-state index in [4.69, 9.17) is 14.6 Å². The molecule has 1 aliphatic heterocycles. The Morgan fingerprint density at radius 1 is 1.68 bits per heavy atom. The van der Waals surface area contributed by atoms with Crippen molar-refractivity contribution in [3.8, 4) is 5.88 Å². The molecule has 0 saturated carbocycles. The first kappa shape index (κ1) is 13.5. The van der Waals surface area contributed by atoms with E-state index in [1.807, 2.05) is 11.8 Å². The number of hydrogen-bond donors (Lipinski definition) is 1. The Bertz CT molecular complexity index is 441. The first-order valence-corrected chi connectivity index (χ1v) is 6.22. The predicted molar refractivity (Wildman–Crippen MR) is 67.4 cm³/mol. The minimum absolute atomic E-state index is 0.00220. The average molecular weight is 267 g/mol. The first-order valence-electron chi connectivity index (χ1n) is 6.22. The molecule has 19 heavy (non-hydrogen) atoms. The standard InChI is InChI=1S/C12H17N3O4/c1-2-19-10-3-4-13-12(14-10)15-5-6-18-8-9(15)7-11(16)17/h3-4,9H,2,5-8H2,1H3,(H,16,17). The SMILES string of the molecule is CCOc1ccnc(N2CCOCC2CC(=O)O)n1. The van der Waals surface area contributed by atoms with Crippen molar-refractivity contribution in [2.24, 2.45) is 0 Å². The molecule has 0 bridgehead atoms. The summed E-state index contributed by atoms with van der Waals surface area (Å²) in [5, 5.41) is 8.92. The zero-order valence-electron chi connectivity index (χ0n) is 10.8. The van der Waals surface area contributed by atoms with Crippen LogP contribution in [0.15, 0.2) is 12.3 Å². The summed E-state index contributed by atoms with van der Waals surface area (Å²) in [5.41, 5.74) is 0. The van der Waals surface area contributed by atoms with Gasteiger partial charge in [0.25, 0.3) is 0 Å². The second-order valence-electron chi connectivity index (χ2n) is 4.15. The van der Waals surface area contributed by atoms with Crippen molar-refractivity contribution in [1.82, 2.24) is 9.97 Å². The number of carbonyl (C=O) groups is 1. The molecule has 1 saturated heterocycles. The zero-order chi connectivity index (χ0) is 13.7. The van der Waals surface area contributed by atoms with E-state index in [1.165, 1.54) is 0 Å². The second-order valence-corrected chi connectivity index (χ2v) is 4.15. The molecule has 104 valence electrons. The Morgan fingerprint density at radius 2 is 2.53 bits per heavy atom. The number of carboxylic acid groups (broad SMARTS) is 1. The van der Waals surface area contributed by atoms with Crippen LogP contribution in [-0.2, 0) is 9.53 Å². The first-order chi connectivity index (χ1) is 9.20. The van der Waals surface area contributed by atoms with E-state index in [9.17, 15) is 4.79 Å². The largest absolute Gasteiger partial charge is 0.481 e. The number of ether oxygens (including phenoxy) is 2. The fourth-order valence-electron chi connectivity index (χ4n) is 1.99. The summed E-state index contributed by atoms with van der Waals surface area (Å²) in [6, 6.07) is 1.43. The van der Waals surface area contributed by atoms with Gasteiger partial charge in [0.05, 0.1) is 32.3 Å². The van der Waals surface area contributed by atoms with Gasteiger partial charge in [-0.15, -0.1) is 0 Å². The van der Waals surface area contributed by atoms with Gasteiger partial charge in [-0.25, -0.2) is 4.98 Å². The molecular weight excluding hydrogens is 250 g/mol. The summed E-state index contributed by atoms with van der Waals surface area (Å²) >= 11 is 0. The van der Waals surface area contributed by atoms with E-state index in [0.717, 1.165) is 0 Å². The smallest absolute Gasteiger partial charge is 0.305 e. The van der Waals surface area contributed by atoms with Gasteiger partial charge in [-0.1, -0.05) is 0 Å². The van der Waals surface area contributed by atoms with E-state index in [-0.39, 0.29) is 12.5 Å². The van der Waals surface area contributed by atoms with Gasteiger partial charge in [-0.05, 0) is 6.92 Å². The molecule has 0 spiro atoms. The minimum Gasteiger partial charge on any atom is -0.481 e. The fraction of sp³-hybridized carbons (Fsp3) is 0.583. The number of carboxylic acids is 1. The van der Waals surface area contributed by atoms with Crippen molar-refractivity contribution in [1.29, 1.82) is 0 Å². The average Bonchev–Trinajstić information content (AvgIpc) is 2.39. The van der Waals surface area contributed by atoms with Crippen molar-refractivity contribution in [2.75, 3.05) is 31.3 Å². The summed E-state index contributed by atoms with van der Waals surface area (Å²) < 4.78 is 10.6. The van der Waals surface area contributed by atoms with Crippen LogP contribution in [0.4, 0.5) is 5.95 Å². The molecule has 1 aromatic heterocycles. The molecular formula is C12H17N3O4. The lowest BCUT2D eigenvalue weighted by molar-refractivity contribution is -0.138. The molecule has 0 aromatic carbocycles. The lowest BCUT2D eigenvalue weighted by Crippen LogP contribution is -2.47. The van der Waals surface area contributed by atoms with E-state index in [2.05, 4.69) is 9.97 Å². The highest BCUT2D eigenvalue weighted by molar-refractivity contribution is 5.68. The highest BCUT2D eigenvalue weighted by atomic mass is 16.5. The predicted octanol–water partition coefficient (Wildman–Crippen LogP) is 0.555. The van der Waals surface area contributed by atoms with Gasteiger partial charge >= 0.3 is 5.97 Å². The van der Waals surface area contributed by atoms with Gasteiger partial charge in [0.1, 0.15) is 0 Å². The van der Waals surface area contributed by atoms with Crippen molar-refractivity contribution in [2.45, 2.75) is 19.4 Å². The van der Waals surface area contributed by atoms with Gasteiger partial charge in [-0.3, -0.25) is 4.79 Å². The van der Waals surface area contributed by atoms with Crippen LogP contribution in [0, 0.1) is 0 Å². The molecule has 7 heteroatoms. The minimum atomic E-state index is -0.860. The van der Waals surface area contributed by atoms with E-state index in [1.54, 1.807) is 12.3 Å². The number of hydrogen-bond acceptors (Lipinski definition) is 6. The van der Waals surface area contributed by atoms with Crippen LogP contribution in [0.25, 0.3) is 0 Å². The summed E-state index contributed by atoms with van der Waals surface area (Å²) in [4.78, 5) is 21.2. The van der Waals surface area contributed by atoms with Gasteiger partial charge in [0.2, 0.25) is 11.8 Å². The Hall–Kier alpha value is -1.89. The van der Waals surface area contributed by atoms with Crippen molar-refractivity contribution < 1.29 is 19.4 Å². The molecule has 1 atom stereocenters. The monoisotopic (exact) mass is 267 g/mol. The number of aliphatic carboxylic acids is 1. The lowest BCUT2D eigenvalue weighted by atomic mass is 10.1. The van der Waals surface area contributed by atoms with Crippen molar-refractivity contribution in [3.05, 3.63) is 12.3 Å². The molecule has 0 amide bonds. The molecule has 1 N–H and O–H groups in total. The number of anilines is 1. The molecule has 0 aliphatic carbocycles. The Labute approximate surface area is 111 Å². The second kappa shape index (κ2) is 6.33. The van der Waals surface area contributed by atoms with E-state index < -0.39 is 5.97 Å². The third-order valence-electron chi connectivity index (χ3n) is 2.80. The maximum atomic E-state index is 10.9. The summed E-state index contributed by atoms with van der Waals surface area (Å²) in [6.07, 6.45) is 1.61. The number of nitrogens with zero attached hydrogens (tertiary/aromatic N) is 3. The molecule has 1 aromatic rings. The zero-order valence-corrected chi connectivity index (χ0v) is 10.8. The molecule has 7 nitrogen and oxygen atoms in total. The van der Waals surface area contributed by atoms with Crippen LogP contribution in [0.3, 0.4) is 0 Å². The summed E-state index contributed by atoms with van der Waals surface area (Å²) in [5.74, 6) is 0.120. The van der Waals surface area contributed by atoms with Crippen LogP contribution in [0.2, 0.25) is 0 Å². The highest BCUT2D eigenvalue weighted by Gasteiger charge is 2.27. The molecule has 2 heterocycles. The third-order valence-corrected chi connectivity index (χ3v) is 2.80. The maximum Gasteiger partial charge on any atom is 0.305 e. The topological polar surface area (TPSA) is 84.8 Å². The molecule has 1 fully saturated rings. The van der Waals surface area contributed by atoms with Crippen molar-refractivity contribution in [3.63, 3.8) is 0 Å². The number of aromatic nitrogens is 2. The highest BCUT2D eigenvalue weighted by Crippen LogP contribution is 2.19. The van der Waals surface area contributed by atoms with Crippen LogP contribution in [0.1, 0.15) is 13.3 Å². The van der Waals surface area contributed by atoms with Gasteiger partial charge in [-0.2, -0.15) is 4.98 Å². The molecule has 2 rings (SSSR count). The van der Waals surface area contributed by atoms with Crippen LogP contribution in [0.5, 0.6) is 5.88 Å². The fourth-order valence-corrected chi connectivity index (χ4v) is 1.99. The number of morpholine rings is 1. The van der Waals surface area contributed by atoms with E-state index in [0.29, 0.717) is 38.2 Å². The van der Waals surface area contributed by atoms with Crippen LogP contribution >= 0.6 is 0 Å². The molecule has 0 radical (unpaired) electrons. The van der Waals surface area contributed by atoms with Crippen molar-refractivity contribution >= 4 is 11.9 Å². The van der Waals surface area contributed by atoms with Gasteiger partial charge in [0.15, 0.2) is 0 Å². The van der Waals surface area contributed by atoms with Gasteiger partial charge in [0, 0.05) is 18.8 Å². The summed E-state index contributed by atoms with van der Waals surface area (Å²) in [6.45, 7) is 3.89. The molecule has 1 aliphatic rings. The van der Waals surface area contributed by atoms with E-state index >= 15 is 0 Å². The summed E-state index contributed by atoms with van der Waals surface area (Å²) in [7, 11) is 0. The lowest BCUT2D eigenvalue weighted by Gasteiger charge is -2.34. The van der Waals surface area contributed by atoms with Crippen LogP contribution in [-0.4, -0.2) is 53.5 Å². The number of rotatable bonds is 5. The maximum absolute atomic E-state index is 10.9. The van der Waals surface area contributed by atoms with Gasteiger partial charge < -0.3 is 19.5 Å². The molecule has 1 unspecified atom stereocenters. The third kappa shape index (κ3) is 3.54. The van der Waals surface area contributed by atoms with Crippen LogP contribution < -0.4 is 9.64 Å². The Balaban J connectivity index is 2.16. The quantitative estimate of drug-likeness (QED) is 0.834. The normalized spacial score (nSPS) is 19.2.